The lowest BCUT2D eigenvalue weighted by molar-refractivity contribution is -0.0209. The van der Waals surface area contributed by atoms with Gasteiger partial charge in [-0.25, -0.2) is 0 Å². The Morgan fingerprint density at radius 2 is 1.88 bits per heavy atom. The van der Waals surface area contributed by atoms with Crippen LogP contribution in [0.4, 0.5) is 0 Å². The van der Waals surface area contributed by atoms with Gasteiger partial charge >= 0.3 is 0 Å². The molecule has 0 saturated heterocycles. The maximum atomic E-state index is 7.06. The first-order valence-corrected chi connectivity index (χ1v) is 12.4. The van der Waals surface area contributed by atoms with Gasteiger partial charge in [-0.05, 0) is 31.0 Å². The summed E-state index contributed by atoms with van der Waals surface area (Å²) in [6.45, 7) is 15.9. The van der Waals surface area contributed by atoms with Gasteiger partial charge < -0.3 is 8.99 Å². The average molecular weight is 351 g/mol. The van der Waals surface area contributed by atoms with Crippen LogP contribution in [0.3, 0.4) is 0 Å². The van der Waals surface area contributed by atoms with Crippen molar-refractivity contribution in [3.05, 3.63) is 12.2 Å². The second-order valence-electron chi connectivity index (χ2n) is 9.26. The third-order valence-electron chi connectivity index (χ3n) is 6.27. The number of aromatic nitrogens is 3. The Morgan fingerprint density at radius 3 is 2.54 bits per heavy atom. The van der Waals surface area contributed by atoms with Gasteiger partial charge in [0.2, 0.25) is 0 Å². The van der Waals surface area contributed by atoms with E-state index in [1.165, 1.54) is 32.1 Å². The van der Waals surface area contributed by atoms with E-state index in [1.54, 1.807) is 0 Å². The second-order valence-corrected chi connectivity index (χ2v) is 14.0. The van der Waals surface area contributed by atoms with E-state index in [9.17, 15) is 0 Å². The van der Waals surface area contributed by atoms with Gasteiger partial charge in [-0.15, -0.1) is 10.2 Å². The third kappa shape index (κ3) is 3.75. The van der Waals surface area contributed by atoms with E-state index >= 15 is 0 Å². The molecule has 0 amide bonds. The first-order valence-electron chi connectivity index (χ1n) is 9.50. The van der Waals surface area contributed by atoms with Crippen molar-refractivity contribution in [2.24, 2.45) is 0 Å². The number of hydrogen-bond donors (Lipinski definition) is 0. The van der Waals surface area contributed by atoms with Gasteiger partial charge in [0, 0.05) is 19.6 Å². The summed E-state index contributed by atoms with van der Waals surface area (Å²) in [5.41, 5.74) is 0.0451. The van der Waals surface area contributed by atoms with Crippen molar-refractivity contribution in [2.75, 3.05) is 13.1 Å². The van der Waals surface area contributed by atoms with E-state index in [4.69, 9.17) is 4.43 Å². The molecule has 0 bridgehead atoms. The molecule has 0 aromatic carbocycles. The molecule has 6 heteroatoms. The highest BCUT2D eigenvalue weighted by molar-refractivity contribution is 6.74. The second kappa shape index (κ2) is 6.54. The van der Waals surface area contributed by atoms with Gasteiger partial charge in [0.1, 0.15) is 12.2 Å². The molecule has 136 valence electrons. The van der Waals surface area contributed by atoms with Crippen LogP contribution in [0, 0.1) is 0 Å². The van der Waals surface area contributed by atoms with Crippen molar-refractivity contribution in [1.29, 1.82) is 0 Å². The van der Waals surface area contributed by atoms with E-state index in [0.717, 1.165) is 32.0 Å². The van der Waals surface area contributed by atoms with Crippen molar-refractivity contribution < 1.29 is 4.43 Å². The number of fused-ring (bicyclic) bond motifs is 1. The topological polar surface area (TPSA) is 43.2 Å². The lowest BCUT2D eigenvalue weighted by atomic mass is 9.84. The van der Waals surface area contributed by atoms with Gasteiger partial charge in [-0.1, -0.05) is 40.0 Å². The van der Waals surface area contributed by atoms with Crippen LogP contribution < -0.4 is 0 Å². The molecule has 1 saturated carbocycles. The fourth-order valence-corrected chi connectivity index (χ4v) is 5.50. The Hall–Kier alpha value is -0.723. The van der Waals surface area contributed by atoms with Crippen LogP contribution in [0.5, 0.6) is 0 Å². The van der Waals surface area contributed by atoms with E-state index in [2.05, 4.69) is 53.5 Å². The molecule has 0 spiro atoms. The normalized spacial score (nSPS) is 22.4. The molecule has 2 aliphatic rings. The lowest BCUT2D eigenvalue weighted by Gasteiger charge is -2.49. The Labute approximate surface area is 147 Å². The number of nitrogens with zero attached hydrogens (tertiary/aromatic N) is 4. The van der Waals surface area contributed by atoms with Crippen LogP contribution in [0.1, 0.15) is 58.7 Å². The number of rotatable bonds is 4. The molecule has 0 radical (unpaired) electrons. The zero-order valence-corrected chi connectivity index (χ0v) is 17.1. The van der Waals surface area contributed by atoms with Crippen LogP contribution >= 0.6 is 0 Å². The molecule has 1 fully saturated rings. The minimum Gasteiger partial charge on any atom is -0.410 e. The van der Waals surface area contributed by atoms with E-state index < -0.39 is 8.32 Å². The molecule has 0 atom stereocenters. The van der Waals surface area contributed by atoms with Gasteiger partial charge in [-0.3, -0.25) is 4.90 Å². The van der Waals surface area contributed by atoms with Crippen molar-refractivity contribution in [2.45, 2.75) is 89.7 Å². The molecule has 3 rings (SSSR count). The predicted octanol–water partition coefficient (Wildman–Crippen LogP) is 3.82. The third-order valence-corrected chi connectivity index (χ3v) is 10.8. The summed E-state index contributed by atoms with van der Waals surface area (Å²) in [6, 6.07) is 0. The minimum absolute atomic E-state index is 0.0451. The van der Waals surface area contributed by atoms with E-state index in [-0.39, 0.29) is 10.6 Å². The molecule has 24 heavy (non-hydrogen) atoms. The maximum Gasteiger partial charge on any atom is 0.192 e. The van der Waals surface area contributed by atoms with Crippen LogP contribution in [0.25, 0.3) is 0 Å². The zero-order chi connectivity index (χ0) is 17.4. The summed E-state index contributed by atoms with van der Waals surface area (Å²) in [5.74, 6) is 1.10. The van der Waals surface area contributed by atoms with E-state index in [1.807, 2.05) is 6.33 Å². The highest BCUT2D eigenvalue weighted by atomic mass is 28.4. The molecule has 1 aliphatic heterocycles. The predicted molar refractivity (Wildman–Crippen MR) is 99.4 cm³/mol. The van der Waals surface area contributed by atoms with Gasteiger partial charge in [0.15, 0.2) is 8.32 Å². The van der Waals surface area contributed by atoms with Crippen molar-refractivity contribution >= 4 is 8.32 Å². The van der Waals surface area contributed by atoms with Crippen molar-refractivity contribution in [3.63, 3.8) is 0 Å². The summed E-state index contributed by atoms with van der Waals surface area (Å²) in [4.78, 5) is 2.54. The Kier molecular flexibility index (Phi) is 4.92. The zero-order valence-electron chi connectivity index (χ0n) is 16.1. The molecule has 0 N–H and O–H groups in total. The van der Waals surface area contributed by atoms with Crippen LogP contribution in [0.15, 0.2) is 6.33 Å². The Morgan fingerprint density at radius 1 is 1.17 bits per heavy atom. The fourth-order valence-electron chi connectivity index (χ4n) is 3.84. The Bertz CT molecular complexity index is 558. The van der Waals surface area contributed by atoms with Crippen molar-refractivity contribution in [3.8, 4) is 0 Å². The molecular formula is C18H34N4OSi. The smallest absolute Gasteiger partial charge is 0.192 e. The van der Waals surface area contributed by atoms with E-state index in [0.29, 0.717) is 0 Å². The summed E-state index contributed by atoms with van der Waals surface area (Å²) in [7, 11) is -1.77. The first-order chi connectivity index (χ1) is 11.2. The summed E-state index contributed by atoms with van der Waals surface area (Å²) in [5, 5.41) is 8.60. The lowest BCUT2D eigenvalue weighted by Crippen LogP contribution is -2.56. The molecule has 1 aliphatic carbocycles. The van der Waals surface area contributed by atoms with Crippen molar-refractivity contribution in [1.82, 2.24) is 19.7 Å². The molecule has 0 unspecified atom stereocenters. The SMILES string of the molecule is CC(C)(C)[Si](C)(C)OC1(CN2CCn3cnnc3C2)CCCCC1. The molecule has 2 heterocycles. The monoisotopic (exact) mass is 350 g/mol. The minimum atomic E-state index is -1.77. The molecule has 5 nitrogen and oxygen atoms in total. The summed E-state index contributed by atoms with van der Waals surface area (Å²) in [6.07, 6.45) is 8.24. The molecular weight excluding hydrogens is 316 g/mol. The summed E-state index contributed by atoms with van der Waals surface area (Å²) < 4.78 is 9.24. The standard InChI is InChI=1S/C18H34N4OSi/c1-17(2,3)24(4,5)23-18(9-7-6-8-10-18)14-21-11-12-22-15-19-20-16(22)13-21/h15H,6-14H2,1-5H3. The maximum absolute atomic E-state index is 7.06. The highest BCUT2D eigenvalue weighted by Gasteiger charge is 2.46. The number of hydrogen-bond acceptors (Lipinski definition) is 4. The van der Waals surface area contributed by atoms with Crippen LogP contribution in [0.2, 0.25) is 18.1 Å². The van der Waals surface area contributed by atoms with Crippen LogP contribution in [-0.2, 0) is 17.5 Å². The highest BCUT2D eigenvalue weighted by Crippen LogP contribution is 2.43. The fraction of sp³-hybridized carbons (Fsp3) is 0.889. The quantitative estimate of drug-likeness (QED) is 0.774. The van der Waals surface area contributed by atoms with Gasteiger partial charge in [-0.2, -0.15) is 0 Å². The summed E-state index contributed by atoms with van der Waals surface area (Å²) >= 11 is 0. The molecule has 1 aromatic heterocycles. The largest absolute Gasteiger partial charge is 0.410 e. The van der Waals surface area contributed by atoms with Crippen LogP contribution in [-0.4, -0.2) is 46.7 Å². The first kappa shape index (κ1) is 18.1. The average Bonchev–Trinajstić information content (AvgIpc) is 2.93. The van der Waals surface area contributed by atoms with Gasteiger partial charge in [0.05, 0.1) is 12.1 Å². The molecule has 1 aromatic rings. The Balaban J connectivity index is 1.74. The van der Waals surface area contributed by atoms with Gasteiger partial charge in [0.25, 0.3) is 0 Å².